The van der Waals surface area contributed by atoms with Gasteiger partial charge in [-0.15, -0.1) is 0 Å². The van der Waals surface area contributed by atoms with Crippen molar-refractivity contribution < 1.29 is 9.53 Å². The summed E-state index contributed by atoms with van der Waals surface area (Å²) in [5.41, 5.74) is 0.805. The Hall–Kier alpha value is -2.34. The summed E-state index contributed by atoms with van der Waals surface area (Å²) >= 11 is 0. The van der Waals surface area contributed by atoms with Crippen LogP contribution in [0.15, 0.2) is 36.7 Å². The number of aryl methyl sites for hydroxylation is 1. The number of ether oxygens (including phenoxy) is 1. The number of hydrogen-bond acceptors (Lipinski definition) is 4. The zero-order valence-corrected chi connectivity index (χ0v) is 14.7. The zero-order valence-electron chi connectivity index (χ0n) is 14.7. The molecule has 0 unspecified atom stereocenters. The Labute approximate surface area is 148 Å². The summed E-state index contributed by atoms with van der Waals surface area (Å²) in [5, 5.41) is 6.31. The van der Waals surface area contributed by atoms with Crippen molar-refractivity contribution in [2.75, 3.05) is 18.4 Å². The van der Waals surface area contributed by atoms with E-state index in [0.717, 1.165) is 36.8 Å². The van der Waals surface area contributed by atoms with Gasteiger partial charge in [-0.1, -0.05) is 0 Å². The van der Waals surface area contributed by atoms with Crippen LogP contribution < -0.4 is 15.4 Å². The van der Waals surface area contributed by atoms with Crippen molar-refractivity contribution in [1.82, 2.24) is 14.9 Å². The van der Waals surface area contributed by atoms with Crippen LogP contribution in [0.5, 0.6) is 5.75 Å². The van der Waals surface area contributed by atoms with E-state index in [1.54, 1.807) is 6.20 Å². The highest BCUT2D eigenvalue weighted by atomic mass is 16.5. The minimum atomic E-state index is 0.0835. The van der Waals surface area contributed by atoms with E-state index in [2.05, 4.69) is 15.6 Å². The number of amides is 1. The van der Waals surface area contributed by atoms with Gasteiger partial charge in [-0.25, -0.2) is 4.98 Å². The van der Waals surface area contributed by atoms with Gasteiger partial charge in [0, 0.05) is 31.5 Å². The number of rotatable bonds is 7. The Bertz CT molecular complexity index is 675. The number of hydrogen-bond donors (Lipinski definition) is 2. The van der Waals surface area contributed by atoms with Gasteiger partial charge in [0.25, 0.3) is 0 Å². The summed E-state index contributed by atoms with van der Waals surface area (Å²) in [7, 11) is 1.94. The normalized spacial score (nSPS) is 15.1. The maximum Gasteiger partial charge on any atom is 0.224 e. The smallest absolute Gasteiger partial charge is 0.224 e. The molecule has 1 aliphatic rings. The van der Waals surface area contributed by atoms with Gasteiger partial charge in [-0.3, -0.25) is 4.79 Å². The van der Waals surface area contributed by atoms with Gasteiger partial charge in [0.2, 0.25) is 5.91 Å². The number of carbonyl (C=O) groups excluding carboxylic acids is 1. The van der Waals surface area contributed by atoms with E-state index in [9.17, 15) is 4.79 Å². The molecule has 6 nitrogen and oxygen atoms in total. The highest BCUT2D eigenvalue weighted by Crippen LogP contribution is 2.20. The Morgan fingerprint density at radius 3 is 2.76 bits per heavy atom. The molecule has 1 aromatic heterocycles. The lowest BCUT2D eigenvalue weighted by Crippen LogP contribution is -2.28. The lowest BCUT2D eigenvalue weighted by molar-refractivity contribution is -0.116. The summed E-state index contributed by atoms with van der Waals surface area (Å²) in [6.07, 6.45) is 7.55. The van der Waals surface area contributed by atoms with E-state index in [4.69, 9.17) is 4.74 Å². The molecule has 2 heterocycles. The molecule has 0 bridgehead atoms. The predicted molar refractivity (Wildman–Crippen MR) is 97.4 cm³/mol. The zero-order chi connectivity index (χ0) is 17.5. The maximum atomic E-state index is 12.1. The number of carbonyl (C=O) groups is 1. The summed E-state index contributed by atoms with van der Waals surface area (Å²) in [6, 6.07) is 7.48. The number of nitrogens with zero attached hydrogens (tertiary/aromatic N) is 2. The molecule has 1 aromatic carbocycles. The highest BCUT2D eigenvalue weighted by Gasteiger charge is 2.14. The molecule has 0 radical (unpaired) electrons. The first kappa shape index (κ1) is 17.5. The van der Waals surface area contributed by atoms with Gasteiger partial charge in [0.1, 0.15) is 18.2 Å². The van der Waals surface area contributed by atoms with Crippen LogP contribution in [0.3, 0.4) is 0 Å². The Kier molecular flexibility index (Phi) is 6.06. The minimum absolute atomic E-state index is 0.0835. The summed E-state index contributed by atoms with van der Waals surface area (Å²) in [6.45, 7) is 2.57. The molecular formula is C19H26N4O2. The van der Waals surface area contributed by atoms with Crippen molar-refractivity contribution in [2.24, 2.45) is 13.0 Å². The molecule has 134 valence electrons. The second-order valence-corrected chi connectivity index (χ2v) is 6.55. The van der Waals surface area contributed by atoms with Gasteiger partial charge in [0.05, 0.1) is 0 Å². The SMILES string of the molecule is Cn1ccnc1COc1ccc(NC(=O)CCC2CCNCC2)cc1. The molecule has 6 heteroatoms. The third-order valence-electron chi connectivity index (χ3n) is 4.67. The number of aromatic nitrogens is 2. The predicted octanol–water partition coefficient (Wildman–Crippen LogP) is 2.72. The van der Waals surface area contributed by atoms with Crippen molar-refractivity contribution >= 4 is 11.6 Å². The summed E-state index contributed by atoms with van der Waals surface area (Å²) in [5.74, 6) is 2.39. The summed E-state index contributed by atoms with van der Waals surface area (Å²) < 4.78 is 7.64. The van der Waals surface area contributed by atoms with Crippen LogP contribution >= 0.6 is 0 Å². The van der Waals surface area contributed by atoms with Crippen LogP contribution in [0.1, 0.15) is 31.5 Å². The maximum absolute atomic E-state index is 12.1. The molecular weight excluding hydrogens is 316 g/mol. The lowest BCUT2D eigenvalue weighted by Gasteiger charge is -2.22. The molecule has 1 fully saturated rings. The van der Waals surface area contributed by atoms with Crippen molar-refractivity contribution in [1.29, 1.82) is 0 Å². The molecule has 25 heavy (non-hydrogen) atoms. The van der Waals surface area contributed by atoms with Crippen molar-refractivity contribution in [3.63, 3.8) is 0 Å². The van der Waals surface area contributed by atoms with Gasteiger partial charge in [0.15, 0.2) is 0 Å². The van der Waals surface area contributed by atoms with Crippen LogP contribution in [0.4, 0.5) is 5.69 Å². The van der Waals surface area contributed by atoms with Crippen molar-refractivity contribution in [2.45, 2.75) is 32.3 Å². The van der Waals surface area contributed by atoms with Crippen molar-refractivity contribution in [3.05, 3.63) is 42.5 Å². The molecule has 0 saturated carbocycles. The van der Waals surface area contributed by atoms with Crippen LogP contribution in [0, 0.1) is 5.92 Å². The van der Waals surface area contributed by atoms with Gasteiger partial charge < -0.3 is 19.9 Å². The Morgan fingerprint density at radius 1 is 1.32 bits per heavy atom. The third-order valence-corrected chi connectivity index (χ3v) is 4.67. The molecule has 2 N–H and O–H groups in total. The van der Waals surface area contributed by atoms with E-state index < -0.39 is 0 Å². The molecule has 3 rings (SSSR count). The van der Waals surface area contributed by atoms with E-state index in [0.29, 0.717) is 18.9 Å². The molecule has 2 aromatic rings. The number of piperidine rings is 1. The third kappa shape index (κ3) is 5.32. The standard InChI is InChI=1S/C19H26N4O2/c1-23-13-12-21-18(23)14-25-17-5-3-16(4-6-17)22-19(24)7-2-15-8-10-20-11-9-15/h3-6,12-13,15,20H,2,7-11,14H2,1H3,(H,22,24). The first-order valence-electron chi connectivity index (χ1n) is 8.90. The minimum Gasteiger partial charge on any atom is -0.486 e. The molecule has 0 atom stereocenters. The molecule has 1 saturated heterocycles. The van der Waals surface area contributed by atoms with Crippen LogP contribution in [0.25, 0.3) is 0 Å². The van der Waals surface area contributed by atoms with Crippen LogP contribution in [0.2, 0.25) is 0 Å². The van der Waals surface area contributed by atoms with Crippen molar-refractivity contribution in [3.8, 4) is 5.75 Å². The fourth-order valence-corrected chi connectivity index (χ4v) is 3.05. The van der Waals surface area contributed by atoms with Gasteiger partial charge in [-0.2, -0.15) is 0 Å². The largest absolute Gasteiger partial charge is 0.486 e. The number of imidazole rings is 1. The fraction of sp³-hybridized carbons (Fsp3) is 0.474. The van der Waals surface area contributed by atoms with Crippen LogP contribution in [-0.4, -0.2) is 28.5 Å². The van der Waals surface area contributed by atoms with E-state index in [1.807, 2.05) is 42.1 Å². The average Bonchev–Trinajstić information content (AvgIpc) is 3.05. The monoisotopic (exact) mass is 342 g/mol. The van der Waals surface area contributed by atoms with E-state index in [1.165, 1.54) is 12.8 Å². The van der Waals surface area contributed by atoms with E-state index >= 15 is 0 Å². The first-order valence-corrected chi connectivity index (χ1v) is 8.90. The second kappa shape index (κ2) is 8.67. The fourth-order valence-electron chi connectivity index (χ4n) is 3.05. The number of benzene rings is 1. The number of nitrogens with one attached hydrogen (secondary N) is 2. The topological polar surface area (TPSA) is 68.2 Å². The molecule has 1 amide bonds. The average molecular weight is 342 g/mol. The Balaban J connectivity index is 1.42. The quantitative estimate of drug-likeness (QED) is 0.812. The lowest BCUT2D eigenvalue weighted by atomic mass is 9.93. The van der Waals surface area contributed by atoms with Gasteiger partial charge in [-0.05, 0) is 62.5 Å². The summed E-state index contributed by atoms with van der Waals surface area (Å²) in [4.78, 5) is 16.3. The number of anilines is 1. The van der Waals surface area contributed by atoms with E-state index in [-0.39, 0.29) is 5.91 Å². The molecule has 1 aliphatic heterocycles. The molecule has 0 aliphatic carbocycles. The second-order valence-electron chi connectivity index (χ2n) is 6.55. The Morgan fingerprint density at radius 2 is 2.08 bits per heavy atom. The van der Waals surface area contributed by atoms with Gasteiger partial charge >= 0.3 is 0 Å². The van der Waals surface area contributed by atoms with Crippen LogP contribution in [-0.2, 0) is 18.4 Å². The molecule has 0 spiro atoms. The highest BCUT2D eigenvalue weighted by molar-refractivity contribution is 5.90. The first-order chi connectivity index (χ1) is 12.2.